The lowest BCUT2D eigenvalue weighted by Gasteiger charge is -2.08. The van der Waals surface area contributed by atoms with Crippen molar-refractivity contribution in [1.29, 1.82) is 0 Å². The molecule has 0 amide bonds. The number of nitrogens with zero attached hydrogens (tertiary/aromatic N) is 1. The molecule has 0 spiro atoms. The average Bonchev–Trinajstić information content (AvgIpc) is 2.65. The smallest absolute Gasteiger partial charge is 0.195 e. The fourth-order valence-corrected chi connectivity index (χ4v) is 2.90. The maximum Gasteiger partial charge on any atom is 0.195 e. The van der Waals surface area contributed by atoms with Gasteiger partial charge in [-0.3, -0.25) is 4.79 Å². The molecule has 3 nitrogen and oxygen atoms in total. The van der Waals surface area contributed by atoms with E-state index in [1.54, 1.807) is 7.11 Å². The molecular weight excluding hydrogens is 298 g/mol. The third-order valence-corrected chi connectivity index (χ3v) is 4.13. The molecule has 0 aliphatic heterocycles. The molecule has 0 aliphatic rings. The molecule has 3 aromatic carbocycles. The molecule has 24 heavy (non-hydrogen) atoms. The van der Waals surface area contributed by atoms with Crippen molar-refractivity contribution in [2.75, 3.05) is 7.11 Å². The fourth-order valence-electron chi connectivity index (χ4n) is 2.90. The van der Waals surface area contributed by atoms with Gasteiger partial charge in [0.1, 0.15) is 5.75 Å². The molecule has 116 valence electrons. The molecule has 0 aliphatic carbocycles. The van der Waals surface area contributed by atoms with E-state index in [0.29, 0.717) is 11.1 Å². The fraction of sp³-hybridized carbons (Fsp3) is 0.0476. The van der Waals surface area contributed by atoms with E-state index >= 15 is 0 Å². The molecule has 0 radical (unpaired) electrons. The van der Waals surface area contributed by atoms with Crippen LogP contribution in [0, 0.1) is 0 Å². The van der Waals surface area contributed by atoms with Crippen LogP contribution >= 0.6 is 0 Å². The molecular formula is C21H15NO2. The van der Waals surface area contributed by atoms with Gasteiger partial charge in [-0.2, -0.15) is 0 Å². The highest BCUT2D eigenvalue weighted by Gasteiger charge is 2.14. The van der Waals surface area contributed by atoms with Crippen LogP contribution in [0.15, 0.2) is 72.8 Å². The van der Waals surface area contributed by atoms with Gasteiger partial charge in [0.2, 0.25) is 0 Å². The maximum atomic E-state index is 12.8. The van der Waals surface area contributed by atoms with Gasteiger partial charge in [0.25, 0.3) is 0 Å². The molecule has 0 unspecified atom stereocenters. The van der Waals surface area contributed by atoms with Crippen LogP contribution in [-0.2, 0) is 0 Å². The van der Waals surface area contributed by atoms with Crippen molar-refractivity contribution < 1.29 is 9.53 Å². The van der Waals surface area contributed by atoms with Gasteiger partial charge >= 0.3 is 0 Å². The first kappa shape index (κ1) is 14.4. The summed E-state index contributed by atoms with van der Waals surface area (Å²) in [5, 5.41) is 1.93. The number of hydrogen-bond acceptors (Lipinski definition) is 3. The first-order valence-electron chi connectivity index (χ1n) is 7.73. The molecule has 0 saturated heterocycles. The minimum absolute atomic E-state index is 0.0124. The van der Waals surface area contributed by atoms with Gasteiger partial charge in [0.15, 0.2) is 5.78 Å². The molecule has 0 atom stereocenters. The molecule has 1 heterocycles. The van der Waals surface area contributed by atoms with E-state index in [2.05, 4.69) is 0 Å². The van der Waals surface area contributed by atoms with Crippen LogP contribution in [0.1, 0.15) is 15.9 Å². The van der Waals surface area contributed by atoms with E-state index in [1.165, 1.54) is 0 Å². The second kappa shape index (κ2) is 5.78. The summed E-state index contributed by atoms with van der Waals surface area (Å²) >= 11 is 0. The Morgan fingerprint density at radius 2 is 1.71 bits per heavy atom. The zero-order chi connectivity index (χ0) is 16.5. The monoisotopic (exact) mass is 313 g/mol. The molecule has 4 aromatic rings. The van der Waals surface area contributed by atoms with Crippen molar-refractivity contribution in [3.05, 3.63) is 83.9 Å². The molecule has 0 bridgehead atoms. The number of hydrogen-bond donors (Lipinski definition) is 0. The number of aromatic nitrogens is 1. The normalized spacial score (nSPS) is 10.9. The average molecular weight is 313 g/mol. The summed E-state index contributed by atoms with van der Waals surface area (Å²) < 4.78 is 5.27. The Hall–Kier alpha value is -3.20. The number of carbonyl (C=O) groups is 1. The van der Waals surface area contributed by atoms with Gasteiger partial charge in [0.05, 0.1) is 18.1 Å². The summed E-state index contributed by atoms with van der Waals surface area (Å²) in [6.45, 7) is 0. The van der Waals surface area contributed by atoms with Gasteiger partial charge in [-0.1, -0.05) is 42.5 Å². The number of benzene rings is 3. The van der Waals surface area contributed by atoms with Crippen LogP contribution in [0.25, 0.3) is 21.8 Å². The lowest BCUT2D eigenvalue weighted by molar-refractivity contribution is 0.104. The Morgan fingerprint density at radius 1 is 0.875 bits per heavy atom. The summed E-state index contributed by atoms with van der Waals surface area (Å²) in [5.41, 5.74) is 2.86. The third kappa shape index (κ3) is 2.40. The summed E-state index contributed by atoms with van der Waals surface area (Å²) in [7, 11) is 1.65. The molecule has 0 N–H and O–H groups in total. The highest BCUT2D eigenvalue weighted by Crippen LogP contribution is 2.26. The van der Waals surface area contributed by atoms with E-state index in [-0.39, 0.29) is 5.78 Å². The molecule has 4 rings (SSSR count). The highest BCUT2D eigenvalue weighted by molar-refractivity contribution is 6.16. The van der Waals surface area contributed by atoms with E-state index in [1.807, 2.05) is 72.8 Å². The summed E-state index contributed by atoms with van der Waals surface area (Å²) in [6.07, 6.45) is 0. The maximum absolute atomic E-state index is 12.8. The zero-order valence-corrected chi connectivity index (χ0v) is 13.2. The molecule has 1 aromatic heterocycles. The number of methoxy groups -OCH3 is 1. The quantitative estimate of drug-likeness (QED) is 0.409. The summed E-state index contributed by atoms with van der Waals surface area (Å²) in [4.78, 5) is 17.6. The summed E-state index contributed by atoms with van der Waals surface area (Å²) in [5.74, 6) is 0.779. The van der Waals surface area contributed by atoms with Crippen molar-refractivity contribution in [3.63, 3.8) is 0 Å². The number of ether oxygens (including phenoxy) is 1. The van der Waals surface area contributed by atoms with Crippen LogP contribution in [-0.4, -0.2) is 17.9 Å². The summed E-state index contributed by atoms with van der Waals surface area (Å²) in [6, 6.07) is 22.8. The van der Waals surface area contributed by atoms with Crippen molar-refractivity contribution in [1.82, 2.24) is 4.98 Å². The van der Waals surface area contributed by atoms with E-state index in [9.17, 15) is 4.79 Å². The largest absolute Gasteiger partial charge is 0.497 e. The van der Waals surface area contributed by atoms with Gasteiger partial charge in [-0.25, -0.2) is 4.98 Å². The van der Waals surface area contributed by atoms with E-state index in [0.717, 1.165) is 27.6 Å². The lowest BCUT2D eigenvalue weighted by Crippen LogP contribution is -2.03. The van der Waals surface area contributed by atoms with Crippen LogP contribution in [0.5, 0.6) is 5.75 Å². The number of ketones is 1. The second-order valence-corrected chi connectivity index (χ2v) is 5.62. The Kier molecular flexibility index (Phi) is 3.47. The Labute approximate surface area is 139 Å². The molecule has 3 heteroatoms. The van der Waals surface area contributed by atoms with Crippen molar-refractivity contribution >= 4 is 27.6 Å². The van der Waals surface area contributed by atoms with Gasteiger partial charge in [-0.15, -0.1) is 0 Å². The zero-order valence-electron chi connectivity index (χ0n) is 13.2. The predicted molar refractivity (Wildman–Crippen MR) is 95.7 cm³/mol. The van der Waals surface area contributed by atoms with Gasteiger partial charge < -0.3 is 4.74 Å². The first-order valence-corrected chi connectivity index (χ1v) is 7.73. The number of rotatable bonds is 3. The van der Waals surface area contributed by atoms with Crippen molar-refractivity contribution in [2.45, 2.75) is 0 Å². The van der Waals surface area contributed by atoms with Gasteiger partial charge in [-0.05, 0) is 30.3 Å². The second-order valence-electron chi connectivity index (χ2n) is 5.62. The number of carbonyl (C=O) groups excluding carboxylic acids is 1. The number of fused-ring (bicyclic) bond motifs is 2. The van der Waals surface area contributed by atoms with E-state index in [4.69, 9.17) is 9.72 Å². The predicted octanol–water partition coefficient (Wildman–Crippen LogP) is 4.63. The van der Waals surface area contributed by atoms with Crippen LogP contribution in [0.3, 0.4) is 0 Å². The topological polar surface area (TPSA) is 39.2 Å². The Balaban J connectivity index is 1.94. The first-order chi connectivity index (χ1) is 11.8. The Morgan fingerprint density at radius 3 is 2.50 bits per heavy atom. The van der Waals surface area contributed by atoms with Crippen LogP contribution < -0.4 is 4.74 Å². The Bertz CT molecular complexity index is 1060. The van der Waals surface area contributed by atoms with E-state index < -0.39 is 0 Å². The SMILES string of the molecule is COc1ccc2nc3c(C(=O)c4ccccc4)cccc3cc2c1. The van der Waals surface area contributed by atoms with Gasteiger partial charge in [0, 0.05) is 21.9 Å². The lowest BCUT2D eigenvalue weighted by atomic mass is 9.99. The molecule has 0 saturated carbocycles. The standard InChI is InChI=1S/C21H15NO2/c1-24-17-10-11-19-16(13-17)12-15-8-5-9-18(20(15)22-19)21(23)14-6-3-2-4-7-14/h2-13H,1H3. The number of pyridine rings is 1. The third-order valence-electron chi connectivity index (χ3n) is 4.13. The van der Waals surface area contributed by atoms with Crippen LogP contribution in [0.4, 0.5) is 0 Å². The van der Waals surface area contributed by atoms with Crippen molar-refractivity contribution in [2.24, 2.45) is 0 Å². The van der Waals surface area contributed by atoms with Crippen LogP contribution in [0.2, 0.25) is 0 Å². The molecule has 0 fully saturated rings. The minimum Gasteiger partial charge on any atom is -0.497 e. The highest BCUT2D eigenvalue weighted by atomic mass is 16.5. The van der Waals surface area contributed by atoms with Crippen molar-refractivity contribution in [3.8, 4) is 5.75 Å². The number of para-hydroxylation sites is 1. The minimum atomic E-state index is -0.0124.